The molecule has 0 bridgehead atoms. The van der Waals surface area contributed by atoms with Crippen LogP contribution < -0.4 is 0 Å². The van der Waals surface area contributed by atoms with Crippen LogP contribution in [-0.2, 0) is 12.8 Å². The number of nitriles is 2. The van der Waals surface area contributed by atoms with Crippen LogP contribution in [0.5, 0.6) is 0 Å². The molecule has 0 aliphatic carbocycles. The van der Waals surface area contributed by atoms with Crippen molar-refractivity contribution >= 4 is 0 Å². The number of hydrogen-bond acceptors (Lipinski definition) is 2. The fourth-order valence-corrected chi connectivity index (χ4v) is 2.52. The highest BCUT2D eigenvalue weighted by molar-refractivity contribution is 5.41. The topological polar surface area (TPSA) is 47.6 Å². The van der Waals surface area contributed by atoms with Crippen LogP contribution in [-0.4, -0.2) is 0 Å². The molecule has 0 aliphatic heterocycles. The van der Waals surface area contributed by atoms with Crippen molar-refractivity contribution in [3.8, 4) is 12.1 Å². The van der Waals surface area contributed by atoms with E-state index in [1.807, 2.05) is 30.3 Å². The smallest absolute Gasteiger partial charge is 0.0994 e. The first-order chi connectivity index (χ1) is 10.2. The largest absolute Gasteiger partial charge is 0.192 e. The summed E-state index contributed by atoms with van der Waals surface area (Å²) < 4.78 is 0. The molecule has 104 valence electrons. The van der Waals surface area contributed by atoms with Crippen LogP contribution in [0.2, 0.25) is 0 Å². The molecule has 0 amide bonds. The van der Waals surface area contributed by atoms with Gasteiger partial charge in [-0.1, -0.05) is 38.1 Å². The van der Waals surface area contributed by atoms with Gasteiger partial charge in [-0.3, -0.25) is 0 Å². The summed E-state index contributed by atoms with van der Waals surface area (Å²) in [5, 5.41) is 18.0. The summed E-state index contributed by atoms with van der Waals surface area (Å²) in [6, 6.07) is 18.3. The van der Waals surface area contributed by atoms with Gasteiger partial charge in [0.1, 0.15) is 0 Å². The van der Waals surface area contributed by atoms with E-state index >= 15 is 0 Å². The maximum absolute atomic E-state index is 9.20. The van der Waals surface area contributed by atoms with E-state index in [-0.39, 0.29) is 0 Å². The van der Waals surface area contributed by atoms with E-state index in [1.165, 1.54) is 11.1 Å². The zero-order valence-corrected chi connectivity index (χ0v) is 12.4. The van der Waals surface area contributed by atoms with Gasteiger partial charge in [0, 0.05) is 0 Å². The molecule has 2 aromatic rings. The van der Waals surface area contributed by atoms with Crippen LogP contribution in [0, 0.1) is 22.7 Å². The molecule has 0 aromatic heterocycles. The minimum absolute atomic E-state index is 0.358. The molecule has 1 atom stereocenters. The van der Waals surface area contributed by atoms with Gasteiger partial charge in [0.2, 0.25) is 0 Å². The van der Waals surface area contributed by atoms with Gasteiger partial charge in [-0.15, -0.1) is 0 Å². The monoisotopic (exact) mass is 274 g/mol. The number of rotatable bonds is 4. The first kappa shape index (κ1) is 14.8. The Morgan fingerprint density at radius 2 is 1.71 bits per heavy atom. The average Bonchev–Trinajstić information content (AvgIpc) is 2.54. The molecule has 21 heavy (non-hydrogen) atoms. The Hall–Kier alpha value is -2.58. The van der Waals surface area contributed by atoms with E-state index in [1.54, 1.807) is 0 Å². The van der Waals surface area contributed by atoms with Crippen molar-refractivity contribution in [2.75, 3.05) is 0 Å². The predicted octanol–water partition coefficient (Wildman–Crippen LogP) is 4.34. The molecule has 0 saturated heterocycles. The SMILES string of the molecule is CCc1ccc(CC(C)c2ccc(C#N)cc2)cc1C#N. The first-order valence-electron chi connectivity index (χ1n) is 7.20. The van der Waals surface area contributed by atoms with Crippen molar-refractivity contribution in [3.05, 3.63) is 70.3 Å². The molecule has 2 heteroatoms. The zero-order valence-electron chi connectivity index (χ0n) is 12.4. The third-order valence-corrected chi connectivity index (χ3v) is 3.83. The molecule has 0 N–H and O–H groups in total. The minimum Gasteiger partial charge on any atom is -0.192 e. The molecule has 2 aromatic carbocycles. The van der Waals surface area contributed by atoms with E-state index in [2.05, 4.69) is 38.1 Å². The van der Waals surface area contributed by atoms with E-state index in [4.69, 9.17) is 5.26 Å². The lowest BCUT2D eigenvalue weighted by Gasteiger charge is -2.13. The number of nitrogens with zero attached hydrogens (tertiary/aromatic N) is 2. The highest BCUT2D eigenvalue weighted by Gasteiger charge is 2.09. The maximum Gasteiger partial charge on any atom is 0.0994 e. The zero-order chi connectivity index (χ0) is 15.2. The van der Waals surface area contributed by atoms with E-state index in [0.717, 1.165) is 24.0 Å². The third kappa shape index (κ3) is 3.50. The first-order valence-corrected chi connectivity index (χ1v) is 7.20. The van der Waals surface area contributed by atoms with Gasteiger partial charge in [0.05, 0.1) is 23.3 Å². The average molecular weight is 274 g/mol. The second kappa shape index (κ2) is 6.73. The Balaban J connectivity index is 2.17. The van der Waals surface area contributed by atoms with E-state index < -0.39 is 0 Å². The van der Waals surface area contributed by atoms with Gasteiger partial charge in [0.25, 0.3) is 0 Å². The van der Waals surface area contributed by atoms with Crippen molar-refractivity contribution in [1.29, 1.82) is 10.5 Å². The molecule has 0 aliphatic rings. The molecule has 0 fully saturated rings. The summed E-state index contributed by atoms with van der Waals surface area (Å²) in [6.07, 6.45) is 1.78. The van der Waals surface area contributed by atoms with Crippen LogP contribution in [0.3, 0.4) is 0 Å². The summed E-state index contributed by atoms with van der Waals surface area (Å²) in [5.74, 6) is 0.358. The van der Waals surface area contributed by atoms with E-state index in [9.17, 15) is 5.26 Å². The minimum atomic E-state index is 0.358. The van der Waals surface area contributed by atoms with Crippen molar-refractivity contribution in [2.24, 2.45) is 0 Å². The van der Waals surface area contributed by atoms with Gasteiger partial charge < -0.3 is 0 Å². The summed E-state index contributed by atoms with van der Waals surface area (Å²) in [7, 11) is 0. The summed E-state index contributed by atoms with van der Waals surface area (Å²) in [4.78, 5) is 0. The number of hydrogen-bond donors (Lipinski definition) is 0. The normalized spacial score (nSPS) is 11.4. The summed E-state index contributed by atoms with van der Waals surface area (Å²) >= 11 is 0. The fraction of sp³-hybridized carbons (Fsp3) is 0.263. The van der Waals surface area contributed by atoms with Crippen molar-refractivity contribution in [1.82, 2.24) is 0 Å². The van der Waals surface area contributed by atoms with Crippen LogP contribution in [0.4, 0.5) is 0 Å². The highest BCUT2D eigenvalue weighted by atomic mass is 14.2. The molecular formula is C19H18N2. The Kier molecular flexibility index (Phi) is 4.75. The maximum atomic E-state index is 9.20. The van der Waals surface area contributed by atoms with Crippen LogP contribution in [0.25, 0.3) is 0 Å². The van der Waals surface area contributed by atoms with Gasteiger partial charge in [-0.2, -0.15) is 10.5 Å². The lowest BCUT2D eigenvalue weighted by Crippen LogP contribution is -2.00. The Bertz CT molecular complexity index is 700. The van der Waals surface area contributed by atoms with Crippen molar-refractivity contribution in [3.63, 3.8) is 0 Å². The predicted molar refractivity (Wildman–Crippen MR) is 83.8 cm³/mol. The van der Waals surface area contributed by atoms with Gasteiger partial charge in [-0.25, -0.2) is 0 Å². The van der Waals surface area contributed by atoms with Gasteiger partial charge in [-0.05, 0) is 53.6 Å². The molecule has 0 spiro atoms. The molecular weight excluding hydrogens is 256 g/mol. The Morgan fingerprint density at radius 1 is 1.00 bits per heavy atom. The van der Waals surface area contributed by atoms with Crippen molar-refractivity contribution < 1.29 is 0 Å². The van der Waals surface area contributed by atoms with Gasteiger partial charge >= 0.3 is 0 Å². The number of benzene rings is 2. The summed E-state index contributed by atoms with van der Waals surface area (Å²) in [5.41, 5.74) is 4.96. The lowest BCUT2D eigenvalue weighted by atomic mass is 9.91. The third-order valence-electron chi connectivity index (χ3n) is 3.83. The van der Waals surface area contributed by atoms with Crippen LogP contribution in [0.15, 0.2) is 42.5 Å². The molecule has 2 nitrogen and oxygen atoms in total. The Morgan fingerprint density at radius 3 is 2.29 bits per heavy atom. The molecule has 0 heterocycles. The summed E-state index contributed by atoms with van der Waals surface area (Å²) in [6.45, 7) is 4.23. The molecule has 0 radical (unpaired) electrons. The van der Waals surface area contributed by atoms with Crippen molar-refractivity contribution in [2.45, 2.75) is 32.6 Å². The second-order valence-electron chi connectivity index (χ2n) is 5.30. The number of aryl methyl sites for hydroxylation is 1. The highest BCUT2D eigenvalue weighted by Crippen LogP contribution is 2.22. The quantitative estimate of drug-likeness (QED) is 0.832. The molecule has 2 rings (SSSR count). The Labute approximate surface area is 126 Å². The molecule has 1 unspecified atom stereocenters. The van der Waals surface area contributed by atoms with E-state index in [0.29, 0.717) is 11.5 Å². The van der Waals surface area contributed by atoms with Crippen LogP contribution >= 0.6 is 0 Å². The lowest BCUT2D eigenvalue weighted by molar-refractivity contribution is 0.758. The van der Waals surface area contributed by atoms with Crippen LogP contribution in [0.1, 0.15) is 47.6 Å². The van der Waals surface area contributed by atoms with Gasteiger partial charge in [0.15, 0.2) is 0 Å². The molecule has 0 saturated carbocycles. The fourth-order valence-electron chi connectivity index (χ4n) is 2.52. The standard InChI is InChI=1S/C19H18N2/c1-3-17-7-6-16(11-19(17)13-21)10-14(2)18-8-4-15(12-20)5-9-18/h4-9,11,14H,3,10H2,1-2H3. The second-order valence-corrected chi connectivity index (χ2v) is 5.30.